The normalized spacial score (nSPS) is 12.6. The van der Waals surface area contributed by atoms with Crippen molar-refractivity contribution in [2.45, 2.75) is 6.61 Å². The fourth-order valence-corrected chi connectivity index (χ4v) is 3.54. The van der Waals surface area contributed by atoms with Crippen LogP contribution in [-0.2, 0) is 11.3 Å². The molecule has 0 atom stereocenters. The summed E-state index contributed by atoms with van der Waals surface area (Å²) < 4.78 is 18.2. The third-order valence-electron chi connectivity index (χ3n) is 4.67. The zero-order valence-electron chi connectivity index (χ0n) is 15.1. The van der Waals surface area contributed by atoms with E-state index < -0.39 is 0 Å². The molecule has 2 aromatic heterocycles. The molecule has 3 heterocycles. The maximum Gasteiger partial charge on any atom is 0.231 e. The smallest absolute Gasteiger partial charge is 0.231 e. The standard InChI is InChI=1S/C21H16ClN3O3/c1-26-11-16-20(13-2-5-15(22)6-3-13)21-23-9-8-17(25(21)24-16)14-4-7-18-19(10-14)28-12-27-18/h2-10H,11-12H2,1H3. The van der Waals surface area contributed by atoms with Crippen LogP contribution in [0.25, 0.3) is 28.0 Å². The minimum Gasteiger partial charge on any atom is -0.454 e. The molecule has 140 valence electrons. The van der Waals surface area contributed by atoms with Gasteiger partial charge in [0.05, 0.1) is 23.6 Å². The average Bonchev–Trinajstić information content (AvgIpc) is 3.32. The van der Waals surface area contributed by atoms with Crippen molar-refractivity contribution in [2.24, 2.45) is 0 Å². The zero-order valence-corrected chi connectivity index (χ0v) is 15.8. The molecule has 0 amide bonds. The molecular formula is C21H16ClN3O3. The summed E-state index contributed by atoms with van der Waals surface area (Å²) >= 11 is 6.06. The van der Waals surface area contributed by atoms with Crippen LogP contribution in [-0.4, -0.2) is 28.5 Å². The first-order chi connectivity index (χ1) is 13.7. The highest BCUT2D eigenvalue weighted by atomic mass is 35.5. The van der Waals surface area contributed by atoms with Gasteiger partial charge in [0.25, 0.3) is 0 Å². The van der Waals surface area contributed by atoms with Gasteiger partial charge in [-0.05, 0) is 42.0 Å². The molecule has 7 heteroatoms. The topological polar surface area (TPSA) is 57.9 Å². The number of benzene rings is 2. The van der Waals surface area contributed by atoms with Crippen molar-refractivity contribution in [3.8, 4) is 33.9 Å². The second-order valence-corrected chi connectivity index (χ2v) is 6.83. The van der Waals surface area contributed by atoms with Crippen LogP contribution < -0.4 is 9.47 Å². The highest BCUT2D eigenvalue weighted by molar-refractivity contribution is 6.30. The summed E-state index contributed by atoms with van der Waals surface area (Å²) in [4.78, 5) is 4.60. The summed E-state index contributed by atoms with van der Waals surface area (Å²) in [6.45, 7) is 0.618. The summed E-state index contributed by atoms with van der Waals surface area (Å²) in [7, 11) is 1.65. The Balaban J connectivity index is 1.72. The number of methoxy groups -OCH3 is 1. The largest absolute Gasteiger partial charge is 0.454 e. The molecule has 0 N–H and O–H groups in total. The minimum absolute atomic E-state index is 0.241. The van der Waals surface area contributed by atoms with E-state index in [1.54, 1.807) is 13.3 Å². The van der Waals surface area contributed by atoms with Crippen molar-refractivity contribution in [1.29, 1.82) is 0 Å². The Kier molecular flexibility index (Phi) is 4.15. The molecule has 0 radical (unpaired) electrons. The summed E-state index contributed by atoms with van der Waals surface area (Å²) in [5, 5.41) is 5.48. The van der Waals surface area contributed by atoms with Crippen molar-refractivity contribution in [2.75, 3.05) is 13.9 Å². The van der Waals surface area contributed by atoms with Crippen molar-refractivity contribution >= 4 is 17.2 Å². The maximum atomic E-state index is 6.06. The van der Waals surface area contributed by atoms with Gasteiger partial charge in [-0.2, -0.15) is 5.10 Å². The van der Waals surface area contributed by atoms with Gasteiger partial charge in [0, 0.05) is 23.9 Å². The van der Waals surface area contributed by atoms with Crippen molar-refractivity contribution in [3.63, 3.8) is 0 Å². The molecule has 1 aliphatic rings. The SMILES string of the molecule is COCc1nn2c(-c3ccc4c(c3)OCO4)ccnc2c1-c1ccc(Cl)cc1. The molecule has 4 aromatic rings. The number of hydrogen-bond acceptors (Lipinski definition) is 5. The van der Waals surface area contributed by atoms with Gasteiger partial charge in [-0.1, -0.05) is 23.7 Å². The fraction of sp³-hybridized carbons (Fsp3) is 0.143. The molecule has 0 aliphatic carbocycles. The average molecular weight is 394 g/mol. The van der Waals surface area contributed by atoms with E-state index in [1.165, 1.54) is 0 Å². The predicted molar refractivity (Wildman–Crippen MR) is 106 cm³/mol. The van der Waals surface area contributed by atoms with Gasteiger partial charge in [0.15, 0.2) is 17.1 Å². The van der Waals surface area contributed by atoms with E-state index in [1.807, 2.05) is 53.0 Å². The number of hydrogen-bond donors (Lipinski definition) is 0. The Morgan fingerprint density at radius 2 is 1.82 bits per heavy atom. The van der Waals surface area contributed by atoms with Crippen LogP contribution in [0.4, 0.5) is 0 Å². The molecule has 2 aromatic carbocycles. The molecule has 0 bridgehead atoms. The lowest BCUT2D eigenvalue weighted by atomic mass is 10.1. The van der Waals surface area contributed by atoms with Crippen LogP contribution >= 0.6 is 11.6 Å². The molecule has 1 aliphatic heterocycles. The first-order valence-corrected chi connectivity index (χ1v) is 9.14. The fourth-order valence-electron chi connectivity index (χ4n) is 3.41. The van der Waals surface area contributed by atoms with E-state index in [0.29, 0.717) is 11.6 Å². The van der Waals surface area contributed by atoms with Gasteiger partial charge in [-0.3, -0.25) is 0 Å². The first-order valence-electron chi connectivity index (χ1n) is 8.76. The Bertz CT molecular complexity index is 1170. The third-order valence-corrected chi connectivity index (χ3v) is 4.93. The van der Waals surface area contributed by atoms with E-state index in [9.17, 15) is 0 Å². The molecule has 0 saturated heterocycles. The van der Waals surface area contributed by atoms with Crippen molar-refractivity contribution in [1.82, 2.24) is 14.6 Å². The molecule has 28 heavy (non-hydrogen) atoms. The zero-order chi connectivity index (χ0) is 19.1. The minimum atomic E-state index is 0.241. The Morgan fingerprint density at radius 3 is 2.64 bits per heavy atom. The van der Waals surface area contributed by atoms with Crippen molar-refractivity contribution in [3.05, 3.63) is 65.4 Å². The van der Waals surface area contributed by atoms with Crippen LogP contribution in [0.2, 0.25) is 5.02 Å². The quantitative estimate of drug-likeness (QED) is 0.507. The van der Waals surface area contributed by atoms with Gasteiger partial charge in [-0.25, -0.2) is 9.50 Å². The molecule has 0 saturated carbocycles. The van der Waals surface area contributed by atoms with Crippen LogP contribution in [0.15, 0.2) is 54.7 Å². The number of halogens is 1. The monoisotopic (exact) mass is 393 g/mol. The van der Waals surface area contributed by atoms with E-state index >= 15 is 0 Å². The second-order valence-electron chi connectivity index (χ2n) is 6.40. The van der Waals surface area contributed by atoms with Crippen LogP contribution in [0.3, 0.4) is 0 Å². The Morgan fingerprint density at radius 1 is 1.04 bits per heavy atom. The van der Waals surface area contributed by atoms with E-state index in [-0.39, 0.29) is 6.79 Å². The lowest BCUT2D eigenvalue weighted by Crippen LogP contribution is -1.96. The van der Waals surface area contributed by atoms with Gasteiger partial charge in [0.2, 0.25) is 6.79 Å². The van der Waals surface area contributed by atoms with Gasteiger partial charge < -0.3 is 14.2 Å². The molecule has 0 unspecified atom stereocenters. The number of rotatable bonds is 4. The molecular weight excluding hydrogens is 378 g/mol. The highest BCUT2D eigenvalue weighted by Crippen LogP contribution is 2.37. The van der Waals surface area contributed by atoms with Gasteiger partial charge >= 0.3 is 0 Å². The summed E-state index contributed by atoms with van der Waals surface area (Å²) in [5.41, 5.74) is 5.35. The summed E-state index contributed by atoms with van der Waals surface area (Å²) in [5.74, 6) is 1.47. The predicted octanol–water partition coefficient (Wildman–Crippen LogP) is 4.59. The summed E-state index contributed by atoms with van der Waals surface area (Å²) in [6.07, 6.45) is 1.78. The molecule has 5 rings (SSSR count). The first kappa shape index (κ1) is 17.0. The van der Waals surface area contributed by atoms with Crippen molar-refractivity contribution < 1.29 is 14.2 Å². The van der Waals surface area contributed by atoms with E-state index in [2.05, 4.69) is 4.98 Å². The van der Waals surface area contributed by atoms with Crippen LogP contribution in [0, 0.1) is 0 Å². The lowest BCUT2D eigenvalue weighted by Gasteiger charge is -2.06. The number of fused-ring (bicyclic) bond motifs is 2. The molecule has 0 spiro atoms. The Labute approximate surface area is 166 Å². The van der Waals surface area contributed by atoms with Crippen LogP contribution in [0.5, 0.6) is 11.5 Å². The van der Waals surface area contributed by atoms with Crippen LogP contribution in [0.1, 0.15) is 5.69 Å². The number of aromatic nitrogens is 3. The maximum absolute atomic E-state index is 6.06. The van der Waals surface area contributed by atoms with E-state index in [4.69, 9.17) is 30.9 Å². The van der Waals surface area contributed by atoms with E-state index in [0.717, 1.165) is 45.2 Å². The second kappa shape index (κ2) is 6.82. The lowest BCUT2D eigenvalue weighted by molar-refractivity contribution is 0.174. The highest BCUT2D eigenvalue weighted by Gasteiger charge is 2.20. The van der Waals surface area contributed by atoms with Gasteiger partial charge in [-0.15, -0.1) is 0 Å². The Hall–Kier alpha value is -3.09. The number of ether oxygens (including phenoxy) is 3. The third kappa shape index (κ3) is 2.78. The number of nitrogens with zero attached hydrogens (tertiary/aromatic N) is 3. The molecule has 6 nitrogen and oxygen atoms in total. The van der Waals surface area contributed by atoms with Gasteiger partial charge in [0.1, 0.15) is 0 Å². The molecule has 0 fully saturated rings. The summed E-state index contributed by atoms with van der Waals surface area (Å²) in [6, 6.07) is 15.4.